The molecule has 2 aromatic rings. The minimum Gasteiger partial charge on any atom is -0.434 e. The Kier molecular flexibility index (Phi) is 24.7. The fraction of sp³-hybridized carbons (Fsp3) is 0.711. The maximum absolute atomic E-state index is 5.73. The standard InChI is InChI=1S/C20H35BO.C18H29Br.C4H9.C3H9BO3.Li/c1-18(2,3)14-12-15(19(4,5)6)17(21(10)22-11)16(13-14)20(7,8)9;1-16(2,3)12-10-13(17(4,5)6)15(19)14(11-12)18(7,8)9;1-3-4-2;1-5-4(6-2)7-3;/h12-13H,1-11H3;10-11H,1-9H3;1,3-4H2,2H3;1-3H3;/q;;-1;;+1. The third-order valence-corrected chi connectivity index (χ3v) is 9.76. The van der Waals surface area contributed by atoms with Crippen LogP contribution in [0.5, 0.6) is 0 Å². The van der Waals surface area contributed by atoms with Crippen molar-refractivity contribution in [3.05, 3.63) is 69.0 Å². The Morgan fingerprint density at radius 2 is 0.755 bits per heavy atom. The Morgan fingerprint density at radius 3 is 0.906 bits per heavy atom. The van der Waals surface area contributed by atoms with Gasteiger partial charge in [-0.15, -0.1) is 0 Å². The van der Waals surface area contributed by atoms with E-state index < -0.39 is 7.32 Å². The first-order valence-corrected chi connectivity index (χ1v) is 19.9. The predicted octanol–water partition coefficient (Wildman–Crippen LogP) is 9.93. The van der Waals surface area contributed by atoms with Crippen molar-refractivity contribution in [2.75, 3.05) is 28.4 Å². The first-order chi connectivity index (χ1) is 23.2. The van der Waals surface area contributed by atoms with Crippen LogP contribution in [0.3, 0.4) is 0 Å². The molecule has 0 heterocycles. The zero-order valence-corrected chi connectivity index (χ0v) is 41.2. The summed E-state index contributed by atoms with van der Waals surface area (Å²) in [5, 5.41) is 0. The average molecular weight is 796 g/mol. The maximum atomic E-state index is 5.73. The summed E-state index contributed by atoms with van der Waals surface area (Å²) < 4.78 is 20.8. The molecule has 8 heteroatoms. The van der Waals surface area contributed by atoms with Gasteiger partial charge in [0.1, 0.15) is 0 Å². The Labute approximate surface area is 352 Å². The molecule has 4 nitrogen and oxygen atoms in total. The van der Waals surface area contributed by atoms with Crippen LogP contribution in [0, 0.1) is 6.92 Å². The fourth-order valence-corrected chi connectivity index (χ4v) is 6.74. The van der Waals surface area contributed by atoms with Crippen molar-refractivity contribution >= 4 is 35.6 Å². The monoisotopic (exact) mass is 795 g/mol. The van der Waals surface area contributed by atoms with Crippen molar-refractivity contribution in [1.82, 2.24) is 0 Å². The van der Waals surface area contributed by atoms with Gasteiger partial charge in [-0.3, -0.25) is 0 Å². The van der Waals surface area contributed by atoms with E-state index in [0.29, 0.717) is 0 Å². The SMILES string of the molecule is CC(C)(C)c1cc(C(C)(C)C)c(Br)c(C(C)(C)C)c1.COB(C)c1c(C(C)(C)C)cc(C(C)(C)C)cc1C(C)(C)C.COB(OC)OC.[CH2-]CCC.[Li+]. The average Bonchev–Trinajstić information content (AvgIpc) is 2.98. The van der Waals surface area contributed by atoms with Gasteiger partial charge in [-0.05, 0) is 71.3 Å². The van der Waals surface area contributed by atoms with Gasteiger partial charge in [-0.2, -0.15) is 6.42 Å². The molecule has 0 aliphatic heterocycles. The molecule has 0 fully saturated rings. The second kappa shape index (κ2) is 23.0. The minimum absolute atomic E-state index is 0. The van der Waals surface area contributed by atoms with Gasteiger partial charge in [0.2, 0.25) is 0 Å². The number of rotatable bonds is 6. The Balaban J connectivity index is -0.000000730. The van der Waals surface area contributed by atoms with Gasteiger partial charge in [0, 0.05) is 32.9 Å². The van der Waals surface area contributed by atoms with Gasteiger partial charge in [-0.25, -0.2) is 0 Å². The molecule has 0 bridgehead atoms. The summed E-state index contributed by atoms with van der Waals surface area (Å²) in [5.74, 6) is 0. The number of unbranched alkanes of at least 4 members (excludes halogenated alkanes) is 1. The summed E-state index contributed by atoms with van der Waals surface area (Å²) in [6.07, 6.45) is 2.28. The summed E-state index contributed by atoms with van der Waals surface area (Å²) in [5.41, 5.74) is 10.7. The van der Waals surface area contributed by atoms with Crippen LogP contribution in [-0.4, -0.2) is 42.7 Å². The Hall–Kier alpha value is -0.513. The Morgan fingerprint density at radius 1 is 0.509 bits per heavy atom. The molecule has 53 heavy (non-hydrogen) atoms. The molecule has 0 amide bonds. The van der Waals surface area contributed by atoms with Crippen LogP contribution in [0.15, 0.2) is 28.7 Å². The molecule has 2 aromatic carbocycles. The molecular formula is C45H82B2BrLiO4. The van der Waals surface area contributed by atoms with Gasteiger partial charge in [0.25, 0.3) is 0 Å². The minimum atomic E-state index is -0.514. The van der Waals surface area contributed by atoms with Crippen LogP contribution in [-0.2, 0) is 51.1 Å². The van der Waals surface area contributed by atoms with E-state index in [0.717, 1.165) is 6.42 Å². The smallest absolute Gasteiger partial charge is 0.434 e. The molecule has 0 aliphatic rings. The molecule has 0 N–H and O–H groups in total. The molecule has 0 radical (unpaired) electrons. The van der Waals surface area contributed by atoms with Crippen molar-refractivity contribution < 1.29 is 37.5 Å². The fourth-order valence-electron chi connectivity index (χ4n) is 5.32. The second-order valence-corrected chi connectivity index (χ2v) is 20.9. The zero-order valence-electron chi connectivity index (χ0n) is 39.6. The van der Waals surface area contributed by atoms with Crippen molar-refractivity contribution in [3.8, 4) is 0 Å². The molecule has 0 unspecified atom stereocenters. The normalized spacial score (nSPS) is 12.3. The molecule has 0 saturated heterocycles. The zero-order chi connectivity index (χ0) is 41.8. The third kappa shape index (κ3) is 19.5. The van der Waals surface area contributed by atoms with E-state index in [-0.39, 0.29) is 58.3 Å². The molecular weight excluding hydrogens is 713 g/mol. The van der Waals surface area contributed by atoms with E-state index in [1.807, 2.05) is 0 Å². The second-order valence-electron chi connectivity index (χ2n) is 20.1. The van der Waals surface area contributed by atoms with Gasteiger partial charge in [-0.1, -0.05) is 185 Å². The van der Waals surface area contributed by atoms with E-state index in [1.165, 1.54) is 71.1 Å². The van der Waals surface area contributed by atoms with E-state index in [9.17, 15) is 0 Å². The molecule has 300 valence electrons. The van der Waals surface area contributed by atoms with Crippen LogP contribution in [0.1, 0.15) is 178 Å². The van der Waals surface area contributed by atoms with Crippen molar-refractivity contribution in [2.24, 2.45) is 0 Å². The molecule has 2 rings (SSSR count). The van der Waals surface area contributed by atoms with Crippen LogP contribution >= 0.6 is 15.9 Å². The molecule has 0 spiro atoms. The summed E-state index contributed by atoms with van der Waals surface area (Å²) in [7, 11) is 5.83. The largest absolute Gasteiger partial charge is 1.00 e. The van der Waals surface area contributed by atoms with E-state index in [2.05, 4.69) is 199 Å². The molecule has 0 aromatic heterocycles. The van der Waals surface area contributed by atoms with E-state index in [1.54, 1.807) is 7.11 Å². The first kappa shape index (κ1) is 56.8. The van der Waals surface area contributed by atoms with Crippen molar-refractivity contribution in [3.63, 3.8) is 0 Å². The number of hydrogen-bond donors (Lipinski definition) is 0. The van der Waals surface area contributed by atoms with Crippen molar-refractivity contribution in [1.29, 1.82) is 0 Å². The molecule has 0 atom stereocenters. The van der Waals surface area contributed by atoms with E-state index in [4.69, 9.17) is 4.65 Å². The number of halogens is 1. The van der Waals surface area contributed by atoms with Gasteiger partial charge >= 0.3 is 33.1 Å². The third-order valence-electron chi connectivity index (χ3n) is 8.91. The van der Waals surface area contributed by atoms with Crippen LogP contribution in [0.2, 0.25) is 6.82 Å². The number of benzene rings is 2. The number of hydrogen-bond acceptors (Lipinski definition) is 4. The maximum Gasteiger partial charge on any atom is 1.00 e. The summed E-state index contributed by atoms with van der Waals surface area (Å²) >= 11 is 3.85. The Bertz CT molecular complexity index is 1250. The van der Waals surface area contributed by atoms with Gasteiger partial charge in [0.15, 0.2) is 0 Å². The topological polar surface area (TPSA) is 36.9 Å². The first-order valence-electron chi connectivity index (χ1n) is 19.1. The quantitative estimate of drug-likeness (QED) is 0.216. The summed E-state index contributed by atoms with van der Waals surface area (Å²) in [4.78, 5) is 0. The molecule has 0 saturated carbocycles. The molecule has 0 aliphatic carbocycles. The van der Waals surface area contributed by atoms with E-state index >= 15 is 0 Å². The summed E-state index contributed by atoms with van der Waals surface area (Å²) in [6, 6.07) is 9.55. The van der Waals surface area contributed by atoms with Gasteiger partial charge in [0.05, 0.1) is 0 Å². The van der Waals surface area contributed by atoms with Crippen molar-refractivity contribution in [2.45, 2.75) is 184 Å². The summed E-state index contributed by atoms with van der Waals surface area (Å²) in [6.45, 7) is 49.2. The van der Waals surface area contributed by atoms with Crippen LogP contribution < -0.4 is 24.3 Å². The van der Waals surface area contributed by atoms with Crippen LogP contribution in [0.4, 0.5) is 0 Å². The predicted molar refractivity (Wildman–Crippen MR) is 238 cm³/mol. The van der Waals surface area contributed by atoms with Crippen LogP contribution in [0.25, 0.3) is 0 Å². The van der Waals surface area contributed by atoms with Gasteiger partial charge < -0.3 is 25.5 Å².